The normalized spacial score (nSPS) is 11.6. The van der Waals surface area contributed by atoms with Gasteiger partial charge in [0.05, 0.1) is 27.8 Å². The van der Waals surface area contributed by atoms with Crippen LogP contribution >= 0.6 is 0 Å². The third kappa shape index (κ3) is 5.82. The van der Waals surface area contributed by atoms with Gasteiger partial charge in [0.1, 0.15) is 11.2 Å². The van der Waals surface area contributed by atoms with Crippen LogP contribution in [-0.2, 0) is 0 Å². The minimum atomic E-state index is 0.860. The van der Waals surface area contributed by atoms with Crippen molar-refractivity contribution in [1.82, 2.24) is 4.57 Å². The zero-order valence-electron chi connectivity index (χ0n) is 33.2. The van der Waals surface area contributed by atoms with E-state index < -0.39 is 0 Å². The SMILES string of the molecule is c1ccc(-c2ccc(N(c3ccc4cc(-c5cccc6c5c5ccccc5n6-c5ccccc5)ccc4c3)c3cccc4oc5ccccc5c34)c(-c3ccccc3)c2)cc1. The first-order valence-electron chi connectivity index (χ1n) is 20.8. The third-order valence-electron chi connectivity index (χ3n) is 12.2. The van der Waals surface area contributed by atoms with E-state index in [4.69, 9.17) is 4.42 Å². The second kappa shape index (κ2) is 14.3. The van der Waals surface area contributed by atoms with Gasteiger partial charge in [-0.1, -0.05) is 158 Å². The maximum Gasteiger partial charge on any atom is 0.137 e. The molecular weight excluding hydrogens is 741 g/mol. The van der Waals surface area contributed by atoms with E-state index in [1.807, 2.05) is 6.07 Å². The number of benzene rings is 10. The monoisotopic (exact) mass is 778 g/mol. The van der Waals surface area contributed by atoms with Gasteiger partial charge in [0.25, 0.3) is 0 Å². The van der Waals surface area contributed by atoms with Crippen LogP contribution in [0.2, 0.25) is 0 Å². The van der Waals surface area contributed by atoms with Gasteiger partial charge >= 0.3 is 0 Å². The zero-order valence-corrected chi connectivity index (χ0v) is 33.2. The van der Waals surface area contributed by atoms with Gasteiger partial charge in [0.2, 0.25) is 0 Å². The lowest BCUT2D eigenvalue weighted by atomic mass is 9.95. The molecule has 0 amide bonds. The van der Waals surface area contributed by atoms with Crippen LogP contribution in [0.15, 0.2) is 235 Å². The number of hydrogen-bond donors (Lipinski definition) is 0. The summed E-state index contributed by atoms with van der Waals surface area (Å²) in [5, 5.41) is 7.03. The Bertz CT molecular complexity index is 3580. The molecule has 0 unspecified atom stereocenters. The highest BCUT2D eigenvalue weighted by Gasteiger charge is 2.23. The standard InChI is InChI=1S/C58H38N2O/c1-4-16-39(17-5-1)43-33-35-52(50(38-43)40-18-6-2-7-19-40)60(54-27-15-29-56-58(54)49-23-11-13-28-55(49)61-56)46-34-32-41-36-44(31-30-42(41)37-46)47-24-14-26-53-57(47)48-22-10-12-25-51(48)59(53)45-20-8-3-9-21-45/h1-38H. The summed E-state index contributed by atoms with van der Waals surface area (Å²) in [5.74, 6) is 0. The van der Waals surface area contributed by atoms with Crippen molar-refractivity contribution in [2.45, 2.75) is 0 Å². The number of aromatic nitrogens is 1. The van der Waals surface area contributed by atoms with Gasteiger partial charge in [-0.05, 0) is 111 Å². The van der Waals surface area contributed by atoms with E-state index in [-0.39, 0.29) is 0 Å². The highest BCUT2D eigenvalue weighted by molar-refractivity contribution is 6.17. The van der Waals surface area contributed by atoms with Crippen molar-refractivity contribution in [3.63, 3.8) is 0 Å². The molecule has 286 valence electrons. The molecule has 0 atom stereocenters. The molecule has 0 saturated carbocycles. The molecule has 3 heteroatoms. The largest absolute Gasteiger partial charge is 0.456 e. The van der Waals surface area contributed by atoms with Crippen LogP contribution in [0.1, 0.15) is 0 Å². The number of fused-ring (bicyclic) bond motifs is 7. The van der Waals surface area contributed by atoms with Crippen LogP contribution in [0.25, 0.3) is 93.6 Å². The lowest BCUT2D eigenvalue weighted by Crippen LogP contribution is -2.12. The topological polar surface area (TPSA) is 21.3 Å². The molecule has 3 nitrogen and oxygen atoms in total. The van der Waals surface area contributed by atoms with Crippen LogP contribution in [0.4, 0.5) is 17.1 Å². The van der Waals surface area contributed by atoms with Crippen LogP contribution in [0.3, 0.4) is 0 Å². The van der Waals surface area contributed by atoms with Gasteiger partial charge in [-0.25, -0.2) is 0 Å². The Hall–Kier alpha value is -8.14. The molecule has 0 saturated heterocycles. The van der Waals surface area contributed by atoms with Crippen molar-refractivity contribution in [2.24, 2.45) is 0 Å². The Morgan fingerprint density at radius 2 is 0.984 bits per heavy atom. The molecule has 12 rings (SSSR count). The van der Waals surface area contributed by atoms with E-state index in [1.54, 1.807) is 0 Å². The fourth-order valence-corrected chi connectivity index (χ4v) is 9.40. The molecule has 0 spiro atoms. The smallest absolute Gasteiger partial charge is 0.137 e. The van der Waals surface area contributed by atoms with Gasteiger partial charge < -0.3 is 13.9 Å². The summed E-state index contributed by atoms with van der Waals surface area (Å²) < 4.78 is 8.87. The molecule has 10 aromatic carbocycles. The quantitative estimate of drug-likeness (QED) is 0.161. The van der Waals surface area contributed by atoms with Crippen molar-refractivity contribution in [2.75, 3.05) is 4.90 Å². The van der Waals surface area contributed by atoms with E-state index in [2.05, 4.69) is 234 Å². The highest BCUT2D eigenvalue weighted by Crippen LogP contribution is 2.48. The lowest BCUT2D eigenvalue weighted by molar-refractivity contribution is 0.669. The second-order valence-corrected chi connectivity index (χ2v) is 15.7. The van der Waals surface area contributed by atoms with Crippen LogP contribution < -0.4 is 4.90 Å². The summed E-state index contributed by atoms with van der Waals surface area (Å²) in [6.45, 7) is 0. The van der Waals surface area contributed by atoms with Crippen LogP contribution in [-0.4, -0.2) is 4.57 Å². The summed E-state index contributed by atoms with van der Waals surface area (Å²) in [4.78, 5) is 2.42. The minimum Gasteiger partial charge on any atom is -0.456 e. The zero-order chi connectivity index (χ0) is 40.3. The summed E-state index contributed by atoms with van der Waals surface area (Å²) in [6.07, 6.45) is 0. The molecule has 0 N–H and O–H groups in total. The van der Waals surface area contributed by atoms with Gasteiger partial charge in [-0.15, -0.1) is 0 Å². The fraction of sp³-hybridized carbons (Fsp3) is 0. The van der Waals surface area contributed by atoms with Crippen molar-refractivity contribution in [3.05, 3.63) is 231 Å². The molecule has 0 aliphatic heterocycles. The maximum absolute atomic E-state index is 6.49. The number of anilines is 3. The number of furan rings is 1. The van der Waals surface area contributed by atoms with Crippen molar-refractivity contribution in [1.29, 1.82) is 0 Å². The predicted molar refractivity (Wildman–Crippen MR) is 257 cm³/mol. The van der Waals surface area contributed by atoms with Gasteiger partial charge in [0, 0.05) is 33.1 Å². The molecular formula is C58H38N2O. The van der Waals surface area contributed by atoms with E-state index in [9.17, 15) is 0 Å². The number of rotatable bonds is 7. The predicted octanol–water partition coefficient (Wildman–Crippen LogP) is 16.3. The number of para-hydroxylation sites is 3. The van der Waals surface area contributed by atoms with Crippen molar-refractivity contribution >= 4 is 71.6 Å². The third-order valence-corrected chi connectivity index (χ3v) is 12.2. The Kier molecular flexibility index (Phi) is 8.17. The fourth-order valence-electron chi connectivity index (χ4n) is 9.40. The Morgan fingerprint density at radius 3 is 1.82 bits per heavy atom. The Labute approximate surface area is 353 Å². The van der Waals surface area contributed by atoms with Gasteiger partial charge in [-0.3, -0.25) is 0 Å². The average molecular weight is 779 g/mol. The first-order chi connectivity index (χ1) is 30.3. The van der Waals surface area contributed by atoms with E-state index in [1.165, 1.54) is 49.4 Å². The van der Waals surface area contributed by atoms with Gasteiger partial charge in [-0.2, -0.15) is 0 Å². The van der Waals surface area contributed by atoms with Crippen molar-refractivity contribution < 1.29 is 4.42 Å². The molecule has 0 radical (unpaired) electrons. The van der Waals surface area contributed by atoms with E-state index in [0.717, 1.165) is 61.2 Å². The first-order valence-corrected chi connectivity index (χ1v) is 20.8. The summed E-state index contributed by atoms with van der Waals surface area (Å²) in [7, 11) is 0. The first kappa shape index (κ1) is 34.9. The molecule has 0 aliphatic rings. The molecule has 12 aromatic rings. The molecule has 2 aromatic heterocycles. The maximum atomic E-state index is 6.49. The van der Waals surface area contributed by atoms with Crippen LogP contribution in [0.5, 0.6) is 0 Å². The van der Waals surface area contributed by atoms with E-state index >= 15 is 0 Å². The summed E-state index contributed by atoms with van der Waals surface area (Å²) in [5.41, 5.74) is 15.6. The molecule has 0 aliphatic carbocycles. The minimum absolute atomic E-state index is 0.860. The Balaban J connectivity index is 1.06. The lowest BCUT2D eigenvalue weighted by Gasteiger charge is -2.29. The molecule has 0 fully saturated rings. The van der Waals surface area contributed by atoms with Gasteiger partial charge in [0.15, 0.2) is 0 Å². The van der Waals surface area contributed by atoms with Crippen molar-refractivity contribution in [3.8, 4) is 39.1 Å². The molecule has 2 heterocycles. The highest BCUT2D eigenvalue weighted by atomic mass is 16.3. The summed E-state index contributed by atoms with van der Waals surface area (Å²) in [6, 6.07) is 82.9. The average Bonchev–Trinajstić information content (AvgIpc) is 3.89. The van der Waals surface area contributed by atoms with Crippen LogP contribution in [0, 0.1) is 0 Å². The molecule has 0 bridgehead atoms. The summed E-state index contributed by atoms with van der Waals surface area (Å²) >= 11 is 0. The Morgan fingerprint density at radius 1 is 0.344 bits per heavy atom. The second-order valence-electron chi connectivity index (χ2n) is 15.7. The van der Waals surface area contributed by atoms with E-state index in [0.29, 0.717) is 0 Å². The molecule has 61 heavy (non-hydrogen) atoms. The number of hydrogen-bond acceptors (Lipinski definition) is 2. The number of nitrogens with zero attached hydrogens (tertiary/aromatic N) is 2.